The maximum absolute atomic E-state index is 13.1. The summed E-state index contributed by atoms with van der Waals surface area (Å²) in [6.45, 7) is 1.24. The third-order valence-corrected chi connectivity index (χ3v) is 4.28. The second-order valence-electron chi connectivity index (χ2n) is 4.63. The molecule has 122 valence electrons. The molecule has 0 aliphatic heterocycles. The van der Waals surface area contributed by atoms with Crippen molar-refractivity contribution in [2.75, 3.05) is 6.61 Å². The molecular formula is C15H12ClF2NO3S. The first-order valence-corrected chi connectivity index (χ1v) is 7.78. The van der Waals surface area contributed by atoms with Gasteiger partial charge < -0.3 is 10.1 Å². The summed E-state index contributed by atoms with van der Waals surface area (Å²) in [7, 11) is 0. The standard InChI is InChI=1S/C15H12ClF2NO3S/c1-8(13-3-2-4-23-13)19-14(20)7-22-15(21)9-5-11(17)12(18)6-10(9)16/h2-6,8H,7H2,1H3,(H,19,20)/t8-/m0/s1. The Morgan fingerprint density at radius 1 is 1.35 bits per heavy atom. The lowest BCUT2D eigenvalue weighted by Crippen LogP contribution is -2.30. The monoisotopic (exact) mass is 359 g/mol. The fourth-order valence-electron chi connectivity index (χ4n) is 1.78. The SMILES string of the molecule is C[C@H](NC(=O)COC(=O)c1cc(F)c(F)cc1Cl)c1cccs1. The van der Waals surface area contributed by atoms with Crippen LogP contribution in [0.2, 0.25) is 5.02 Å². The molecule has 1 heterocycles. The lowest BCUT2D eigenvalue weighted by molar-refractivity contribution is -0.124. The van der Waals surface area contributed by atoms with Crippen LogP contribution in [-0.4, -0.2) is 18.5 Å². The van der Waals surface area contributed by atoms with E-state index in [9.17, 15) is 18.4 Å². The maximum Gasteiger partial charge on any atom is 0.340 e. The Bertz CT molecular complexity index is 722. The first-order valence-electron chi connectivity index (χ1n) is 6.53. The number of thiophene rings is 1. The Morgan fingerprint density at radius 3 is 2.70 bits per heavy atom. The highest BCUT2D eigenvalue weighted by Crippen LogP contribution is 2.21. The third kappa shape index (κ3) is 4.49. The van der Waals surface area contributed by atoms with Gasteiger partial charge in [-0.05, 0) is 30.5 Å². The molecule has 1 aromatic carbocycles. The van der Waals surface area contributed by atoms with Crippen molar-refractivity contribution in [2.45, 2.75) is 13.0 Å². The zero-order valence-electron chi connectivity index (χ0n) is 11.9. The second-order valence-corrected chi connectivity index (χ2v) is 6.01. The van der Waals surface area contributed by atoms with Crippen LogP contribution in [0.1, 0.15) is 28.2 Å². The van der Waals surface area contributed by atoms with Crippen molar-refractivity contribution >= 4 is 34.8 Å². The highest BCUT2D eigenvalue weighted by molar-refractivity contribution is 7.10. The van der Waals surface area contributed by atoms with Gasteiger partial charge in [-0.25, -0.2) is 13.6 Å². The van der Waals surface area contributed by atoms with Crippen molar-refractivity contribution < 1.29 is 23.1 Å². The molecule has 23 heavy (non-hydrogen) atoms. The van der Waals surface area contributed by atoms with Crippen molar-refractivity contribution in [2.24, 2.45) is 0 Å². The van der Waals surface area contributed by atoms with Gasteiger partial charge in [0.25, 0.3) is 5.91 Å². The molecule has 1 N–H and O–H groups in total. The topological polar surface area (TPSA) is 55.4 Å². The summed E-state index contributed by atoms with van der Waals surface area (Å²) in [5.74, 6) is -3.92. The van der Waals surface area contributed by atoms with Crippen LogP contribution in [0.25, 0.3) is 0 Å². The quantitative estimate of drug-likeness (QED) is 0.654. The minimum Gasteiger partial charge on any atom is -0.452 e. The van der Waals surface area contributed by atoms with Gasteiger partial charge in [0.1, 0.15) is 0 Å². The van der Waals surface area contributed by atoms with Gasteiger partial charge in [-0.1, -0.05) is 17.7 Å². The molecule has 0 spiro atoms. The molecule has 4 nitrogen and oxygen atoms in total. The Labute approximate surface area is 140 Å². The average Bonchev–Trinajstić information content (AvgIpc) is 3.03. The Kier molecular flexibility index (Phi) is 5.68. The lowest BCUT2D eigenvalue weighted by atomic mass is 10.2. The smallest absolute Gasteiger partial charge is 0.340 e. The van der Waals surface area contributed by atoms with Gasteiger partial charge >= 0.3 is 5.97 Å². The van der Waals surface area contributed by atoms with E-state index in [2.05, 4.69) is 5.32 Å². The minimum absolute atomic E-state index is 0.229. The Morgan fingerprint density at radius 2 is 2.04 bits per heavy atom. The summed E-state index contributed by atoms with van der Waals surface area (Å²) in [6.07, 6.45) is 0. The number of amides is 1. The van der Waals surface area contributed by atoms with E-state index < -0.39 is 30.1 Å². The summed E-state index contributed by atoms with van der Waals surface area (Å²) in [5.41, 5.74) is -0.343. The molecule has 0 fully saturated rings. The van der Waals surface area contributed by atoms with Gasteiger partial charge in [-0.15, -0.1) is 11.3 Å². The number of rotatable bonds is 5. The summed E-state index contributed by atoms with van der Waals surface area (Å²) in [4.78, 5) is 24.5. The van der Waals surface area contributed by atoms with Gasteiger partial charge in [0.05, 0.1) is 16.6 Å². The van der Waals surface area contributed by atoms with E-state index in [1.807, 2.05) is 17.5 Å². The van der Waals surface area contributed by atoms with Crippen molar-refractivity contribution in [3.8, 4) is 0 Å². The van der Waals surface area contributed by atoms with Gasteiger partial charge in [0.15, 0.2) is 18.2 Å². The van der Waals surface area contributed by atoms with Crippen LogP contribution in [0.3, 0.4) is 0 Å². The molecule has 0 aliphatic rings. The van der Waals surface area contributed by atoms with Crippen LogP contribution in [-0.2, 0) is 9.53 Å². The van der Waals surface area contributed by atoms with Crippen molar-refractivity contribution in [3.63, 3.8) is 0 Å². The summed E-state index contributed by atoms with van der Waals surface area (Å²) in [5, 5.41) is 4.24. The highest BCUT2D eigenvalue weighted by Gasteiger charge is 2.18. The predicted octanol–water partition coefficient (Wildman–Crippen LogP) is 3.71. The lowest BCUT2D eigenvalue weighted by Gasteiger charge is -2.12. The number of hydrogen-bond donors (Lipinski definition) is 1. The number of esters is 1. The molecule has 0 aliphatic carbocycles. The fourth-order valence-corrected chi connectivity index (χ4v) is 2.74. The number of nitrogens with one attached hydrogen (secondary N) is 1. The minimum atomic E-state index is -1.22. The normalized spacial score (nSPS) is 11.8. The van der Waals surface area contributed by atoms with Crippen LogP contribution in [0.5, 0.6) is 0 Å². The summed E-state index contributed by atoms with van der Waals surface area (Å²) >= 11 is 7.14. The van der Waals surface area contributed by atoms with Crippen molar-refractivity contribution in [3.05, 3.63) is 56.7 Å². The van der Waals surface area contributed by atoms with E-state index in [0.29, 0.717) is 12.1 Å². The molecule has 0 unspecified atom stereocenters. The molecule has 0 radical (unpaired) electrons. The fraction of sp³-hybridized carbons (Fsp3) is 0.200. The van der Waals surface area contributed by atoms with Crippen LogP contribution in [0, 0.1) is 11.6 Å². The number of hydrogen-bond acceptors (Lipinski definition) is 4. The molecule has 8 heteroatoms. The second kappa shape index (κ2) is 7.52. The molecule has 0 bridgehead atoms. The first-order chi connectivity index (χ1) is 10.9. The van der Waals surface area contributed by atoms with Crippen LogP contribution >= 0.6 is 22.9 Å². The van der Waals surface area contributed by atoms with Gasteiger partial charge in [0, 0.05) is 4.88 Å². The first kappa shape index (κ1) is 17.4. The molecule has 1 amide bonds. The Balaban J connectivity index is 1.91. The van der Waals surface area contributed by atoms with Gasteiger partial charge in [-0.3, -0.25) is 4.79 Å². The zero-order chi connectivity index (χ0) is 17.0. The number of carbonyl (C=O) groups excluding carboxylic acids is 2. The van der Waals surface area contributed by atoms with E-state index in [1.54, 1.807) is 6.92 Å². The van der Waals surface area contributed by atoms with Crippen molar-refractivity contribution in [1.29, 1.82) is 0 Å². The van der Waals surface area contributed by atoms with Crippen LogP contribution in [0.15, 0.2) is 29.6 Å². The van der Waals surface area contributed by atoms with Gasteiger partial charge in [0.2, 0.25) is 0 Å². The van der Waals surface area contributed by atoms with Crippen molar-refractivity contribution in [1.82, 2.24) is 5.32 Å². The van der Waals surface area contributed by atoms with Gasteiger partial charge in [-0.2, -0.15) is 0 Å². The predicted molar refractivity (Wildman–Crippen MR) is 82.5 cm³/mol. The molecule has 0 saturated carbocycles. The largest absolute Gasteiger partial charge is 0.452 e. The van der Waals surface area contributed by atoms with E-state index >= 15 is 0 Å². The molecular weight excluding hydrogens is 348 g/mol. The molecule has 1 aromatic heterocycles. The van der Waals surface area contributed by atoms with E-state index in [-0.39, 0.29) is 16.6 Å². The number of ether oxygens (including phenoxy) is 1. The highest BCUT2D eigenvalue weighted by atomic mass is 35.5. The maximum atomic E-state index is 13.1. The molecule has 2 aromatic rings. The molecule has 0 saturated heterocycles. The summed E-state index contributed by atoms with van der Waals surface area (Å²) < 4.78 is 30.8. The average molecular weight is 360 g/mol. The number of benzene rings is 1. The zero-order valence-corrected chi connectivity index (χ0v) is 13.5. The number of halogens is 3. The van der Waals surface area contributed by atoms with Crippen LogP contribution in [0.4, 0.5) is 8.78 Å². The van der Waals surface area contributed by atoms with E-state index in [4.69, 9.17) is 16.3 Å². The molecule has 1 atom stereocenters. The Hall–Kier alpha value is -1.99. The molecule has 2 rings (SSSR count). The van der Waals surface area contributed by atoms with Crippen LogP contribution < -0.4 is 5.32 Å². The van der Waals surface area contributed by atoms with E-state index in [0.717, 1.165) is 4.88 Å². The summed E-state index contributed by atoms with van der Waals surface area (Å²) in [6, 6.07) is 4.79. The van der Waals surface area contributed by atoms with E-state index in [1.165, 1.54) is 11.3 Å². The number of carbonyl (C=O) groups is 2. The third-order valence-electron chi connectivity index (χ3n) is 2.91.